The Kier molecular flexibility index (Phi) is 6.38. The molecule has 2 aliphatic rings. The minimum Gasteiger partial charge on any atom is -0.383 e. The molecular formula is C21H32N6O3. The molecule has 0 N–H and O–H groups in total. The molecule has 9 nitrogen and oxygen atoms in total. The molecule has 4 rings (SSSR count). The Morgan fingerprint density at radius 2 is 1.93 bits per heavy atom. The van der Waals surface area contributed by atoms with Crippen LogP contribution in [0.5, 0.6) is 0 Å². The highest BCUT2D eigenvalue weighted by atomic mass is 16.5. The highest BCUT2D eigenvalue weighted by Crippen LogP contribution is 2.32. The van der Waals surface area contributed by atoms with Crippen LogP contribution in [0.2, 0.25) is 0 Å². The molecule has 2 saturated heterocycles. The summed E-state index contributed by atoms with van der Waals surface area (Å²) >= 11 is 0. The first-order chi connectivity index (χ1) is 14.6. The minimum atomic E-state index is 0.145. The molecule has 0 spiro atoms. The molecule has 30 heavy (non-hydrogen) atoms. The van der Waals surface area contributed by atoms with Crippen molar-refractivity contribution in [2.24, 2.45) is 7.05 Å². The highest BCUT2D eigenvalue weighted by molar-refractivity contribution is 5.87. The van der Waals surface area contributed by atoms with Crippen molar-refractivity contribution < 1.29 is 14.3 Å². The molecule has 0 radical (unpaired) electrons. The lowest BCUT2D eigenvalue weighted by molar-refractivity contribution is 0.0411. The maximum atomic E-state index is 12.8. The van der Waals surface area contributed by atoms with Crippen molar-refractivity contribution in [1.29, 1.82) is 0 Å². The Morgan fingerprint density at radius 1 is 1.23 bits per heavy atom. The number of aromatic nitrogens is 3. The van der Waals surface area contributed by atoms with Crippen molar-refractivity contribution in [2.75, 3.05) is 71.6 Å². The van der Waals surface area contributed by atoms with E-state index in [0.717, 1.165) is 55.0 Å². The third kappa shape index (κ3) is 4.22. The van der Waals surface area contributed by atoms with Crippen LogP contribution in [0.25, 0.3) is 11.0 Å². The van der Waals surface area contributed by atoms with Crippen molar-refractivity contribution in [3.05, 3.63) is 18.1 Å². The number of amides is 2. The molecule has 2 aliphatic heterocycles. The van der Waals surface area contributed by atoms with Crippen LogP contribution in [0.4, 0.5) is 10.6 Å². The van der Waals surface area contributed by atoms with Crippen LogP contribution in [0.3, 0.4) is 0 Å². The van der Waals surface area contributed by atoms with Crippen molar-refractivity contribution in [1.82, 2.24) is 24.3 Å². The van der Waals surface area contributed by atoms with Gasteiger partial charge in [0.1, 0.15) is 5.52 Å². The molecule has 0 saturated carbocycles. The number of carbonyl (C=O) groups is 1. The van der Waals surface area contributed by atoms with Crippen LogP contribution in [0.1, 0.15) is 24.5 Å². The van der Waals surface area contributed by atoms with E-state index < -0.39 is 0 Å². The number of morpholine rings is 1. The second-order valence-corrected chi connectivity index (χ2v) is 8.15. The fourth-order valence-electron chi connectivity index (χ4n) is 4.26. The Morgan fingerprint density at radius 3 is 2.63 bits per heavy atom. The summed E-state index contributed by atoms with van der Waals surface area (Å²) in [6.07, 6.45) is 3.69. The lowest BCUT2D eigenvalue weighted by Crippen LogP contribution is -2.50. The van der Waals surface area contributed by atoms with E-state index in [2.05, 4.69) is 16.0 Å². The molecule has 0 unspecified atom stereocenters. The summed E-state index contributed by atoms with van der Waals surface area (Å²) in [5, 5.41) is 0. The van der Waals surface area contributed by atoms with Crippen LogP contribution in [-0.4, -0.2) is 97.1 Å². The predicted octanol–water partition coefficient (Wildman–Crippen LogP) is 1.68. The third-order valence-corrected chi connectivity index (χ3v) is 6.17. The molecule has 2 fully saturated rings. The number of piperidine rings is 1. The van der Waals surface area contributed by atoms with Crippen molar-refractivity contribution in [3.63, 3.8) is 0 Å². The maximum absolute atomic E-state index is 12.8. The fraction of sp³-hybridized carbons (Fsp3) is 0.667. The smallest absolute Gasteiger partial charge is 0.320 e. The Balaban J connectivity index is 1.49. The molecule has 9 heteroatoms. The first-order valence-corrected chi connectivity index (χ1v) is 10.7. The van der Waals surface area contributed by atoms with Crippen molar-refractivity contribution in [3.8, 4) is 0 Å². The molecule has 2 aromatic rings. The van der Waals surface area contributed by atoms with E-state index in [-0.39, 0.29) is 6.03 Å². The van der Waals surface area contributed by atoms with Gasteiger partial charge in [0.2, 0.25) is 0 Å². The largest absolute Gasteiger partial charge is 0.383 e. The van der Waals surface area contributed by atoms with E-state index >= 15 is 0 Å². The second kappa shape index (κ2) is 9.18. The summed E-state index contributed by atoms with van der Waals surface area (Å²) in [5.74, 6) is 1.24. The molecular weight excluding hydrogens is 384 g/mol. The maximum Gasteiger partial charge on any atom is 0.320 e. The number of pyridine rings is 1. The molecule has 164 valence electrons. The lowest BCUT2D eigenvalue weighted by atomic mass is 9.93. The third-order valence-electron chi connectivity index (χ3n) is 6.17. The van der Waals surface area contributed by atoms with Gasteiger partial charge in [0.05, 0.1) is 31.7 Å². The van der Waals surface area contributed by atoms with Gasteiger partial charge >= 0.3 is 6.03 Å². The number of urea groups is 1. The summed E-state index contributed by atoms with van der Waals surface area (Å²) in [5.41, 5.74) is 3.09. The summed E-state index contributed by atoms with van der Waals surface area (Å²) in [6, 6.07) is 2.31. The molecule has 0 aliphatic carbocycles. The predicted molar refractivity (Wildman–Crippen MR) is 115 cm³/mol. The van der Waals surface area contributed by atoms with E-state index in [9.17, 15) is 4.79 Å². The van der Waals surface area contributed by atoms with E-state index in [1.807, 2.05) is 34.8 Å². The van der Waals surface area contributed by atoms with Gasteiger partial charge in [-0.1, -0.05) is 0 Å². The number of nitrogens with zero attached hydrogens (tertiary/aromatic N) is 6. The average Bonchev–Trinajstić information content (AvgIpc) is 3.17. The summed E-state index contributed by atoms with van der Waals surface area (Å²) < 4.78 is 12.7. The van der Waals surface area contributed by atoms with E-state index in [1.54, 1.807) is 7.11 Å². The number of fused-ring (bicyclic) bond motifs is 1. The fourth-order valence-corrected chi connectivity index (χ4v) is 4.26. The number of hydrogen-bond acceptors (Lipinski definition) is 6. The number of methoxy groups -OCH3 is 1. The molecule has 4 heterocycles. The van der Waals surface area contributed by atoms with Gasteiger partial charge in [-0.3, -0.25) is 0 Å². The lowest BCUT2D eigenvalue weighted by Gasteiger charge is -2.37. The average molecular weight is 417 g/mol. The van der Waals surface area contributed by atoms with Crippen LogP contribution in [0, 0.1) is 0 Å². The number of ether oxygens (including phenoxy) is 2. The topological polar surface area (TPSA) is 76.0 Å². The van der Waals surface area contributed by atoms with Gasteiger partial charge in [0.15, 0.2) is 5.82 Å². The monoisotopic (exact) mass is 416 g/mol. The zero-order valence-electron chi connectivity index (χ0n) is 18.2. The number of anilines is 1. The summed E-state index contributed by atoms with van der Waals surface area (Å²) in [6.45, 7) is 5.57. The van der Waals surface area contributed by atoms with Gasteiger partial charge in [-0.05, 0) is 18.9 Å². The van der Waals surface area contributed by atoms with Crippen molar-refractivity contribution in [2.45, 2.75) is 18.8 Å². The van der Waals surface area contributed by atoms with Crippen LogP contribution in [0.15, 0.2) is 12.4 Å². The number of likely N-dealkylation sites (tertiary alicyclic amines) is 1. The highest BCUT2D eigenvalue weighted by Gasteiger charge is 2.29. The van der Waals surface area contributed by atoms with Gasteiger partial charge in [0.25, 0.3) is 0 Å². The Hall–Kier alpha value is -2.39. The summed E-state index contributed by atoms with van der Waals surface area (Å²) in [7, 11) is 5.75. The number of imidazole rings is 1. The number of carbonyl (C=O) groups excluding carboxylic acids is 1. The Bertz CT molecular complexity index is 871. The number of rotatable bonds is 5. The normalized spacial score (nSPS) is 18.2. The van der Waals surface area contributed by atoms with E-state index in [0.29, 0.717) is 38.8 Å². The second-order valence-electron chi connectivity index (χ2n) is 8.15. The van der Waals surface area contributed by atoms with Gasteiger partial charge in [-0.15, -0.1) is 0 Å². The molecule has 2 amide bonds. The molecule has 2 aromatic heterocycles. The van der Waals surface area contributed by atoms with Gasteiger partial charge in [-0.25, -0.2) is 14.8 Å². The summed E-state index contributed by atoms with van der Waals surface area (Å²) in [4.78, 5) is 28.4. The molecule has 0 bridgehead atoms. The van der Waals surface area contributed by atoms with Gasteiger partial charge in [0, 0.05) is 65.5 Å². The minimum absolute atomic E-state index is 0.145. The van der Waals surface area contributed by atoms with Crippen LogP contribution < -0.4 is 4.90 Å². The van der Waals surface area contributed by atoms with Crippen LogP contribution in [-0.2, 0) is 16.5 Å². The van der Waals surface area contributed by atoms with E-state index in [1.165, 1.54) is 0 Å². The number of likely N-dealkylation sites (N-methyl/N-ethyl adjacent to an activating group) is 1. The molecule has 0 aromatic carbocycles. The zero-order chi connectivity index (χ0) is 21.1. The van der Waals surface area contributed by atoms with Gasteiger partial charge in [-0.2, -0.15) is 0 Å². The zero-order valence-corrected chi connectivity index (χ0v) is 18.2. The number of aryl methyl sites for hydroxylation is 1. The standard InChI is InChI=1S/C21H32N6O3/c1-24(8-11-29-3)20-19-18(25(2)15-22-19)14-17(23-20)16-4-6-26(7-5-16)21(28)27-9-12-30-13-10-27/h14-16H,4-13H2,1-3H3. The quantitative estimate of drug-likeness (QED) is 0.738. The van der Waals surface area contributed by atoms with Crippen LogP contribution >= 0.6 is 0 Å². The van der Waals surface area contributed by atoms with E-state index in [4.69, 9.17) is 14.5 Å². The van der Waals surface area contributed by atoms with Crippen molar-refractivity contribution >= 4 is 22.9 Å². The Labute approximate surface area is 177 Å². The first kappa shape index (κ1) is 20.9. The number of hydrogen-bond donors (Lipinski definition) is 0. The first-order valence-electron chi connectivity index (χ1n) is 10.7. The van der Waals surface area contributed by atoms with Gasteiger partial charge < -0.3 is 28.7 Å². The molecule has 0 atom stereocenters. The SMILES string of the molecule is COCCN(C)c1nc(C2CCN(C(=O)N3CCOCC3)CC2)cc2c1ncn2C.